The summed E-state index contributed by atoms with van der Waals surface area (Å²) in [6.07, 6.45) is 1.70. The number of carboxylic acids is 1. The van der Waals surface area contributed by atoms with Crippen molar-refractivity contribution in [2.75, 3.05) is 6.61 Å². The van der Waals surface area contributed by atoms with Crippen molar-refractivity contribution in [3.63, 3.8) is 0 Å². The standard InChI is InChI=1S/C16H22N2O5.Na/c1-2-3-10-23-12-6-4-11(5-7-12)15(20)18-13(16(21)22)8-9-14(17)19;/h4-7,13H,2-3,8-10H2,1H3,(H2,17,19)(H,18,20)(H,21,22);/q;+1/p-1. The smallest absolute Gasteiger partial charge is 0.548 e. The maximum Gasteiger partial charge on any atom is 1.00 e. The Morgan fingerprint density at radius 3 is 2.38 bits per heavy atom. The Morgan fingerprint density at radius 2 is 1.88 bits per heavy atom. The Balaban J connectivity index is 0.00000529. The molecule has 1 atom stereocenters. The monoisotopic (exact) mass is 344 g/mol. The van der Waals surface area contributed by atoms with Gasteiger partial charge in [-0.1, -0.05) is 13.3 Å². The Labute approximate surface area is 163 Å². The number of carbonyl (C=O) groups is 3. The second-order valence-electron chi connectivity index (χ2n) is 5.08. The molecule has 1 aromatic rings. The van der Waals surface area contributed by atoms with Crippen LogP contribution in [0.1, 0.15) is 43.0 Å². The quantitative estimate of drug-likeness (QED) is 0.346. The van der Waals surface area contributed by atoms with Crippen LogP contribution in [-0.2, 0) is 9.59 Å². The molecule has 0 aliphatic heterocycles. The largest absolute Gasteiger partial charge is 1.00 e. The third-order valence-electron chi connectivity index (χ3n) is 3.15. The summed E-state index contributed by atoms with van der Waals surface area (Å²) < 4.78 is 5.48. The predicted octanol–water partition coefficient (Wildman–Crippen LogP) is -3.02. The number of ether oxygens (including phenoxy) is 1. The van der Waals surface area contributed by atoms with E-state index in [2.05, 4.69) is 12.2 Å². The van der Waals surface area contributed by atoms with Crippen molar-refractivity contribution < 1.29 is 53.8 Å². The van der Waals surface area contributed by atoms with E-state index in [0.29, 0.717) is 12.4 Å². The minimum atomic E-state index is -1.46. The second kappa shape index (κ2) is 11.9. The van der Waals surface area contributed by atoms with Gasteiger partial charge >= 0.3 is 29.6 Å². The van der Waals surface area contributed by atoms with E-state index in [0.717, 1.165) is 12.8 Å². The van der Waals surface area contributed by atoms with E-state index < -0.39 is 23.8 Å². The number of carboxylic acid groups (broad SMARTS) is 1. The summed E-state index contributed by atoms with van der Waals surface area (Å²) in [4.78, 5) is 33.7. The molecule has 0 spiro atoms. The van der Waals surface area contributed by atoms with Gasteiger partial charge in [0.1, 0.15) is 5.75 Å². The zero-order valence-corrected chi connectivity index (χ0v) is 16.0. The number of nitrogens with two attached hydrogens (primary N) is 1. The average molecular weight is 344 g/mol. The van der Waals surface area contributed by atoms with Crippen LogP contribution in [0, 0.1) is 0 Å². The van der Waals surface area contributed by atoms with Gasteiger partial charge in [-0.3, -0.25) is 9.59 Å². The number of hydrogen-bond donors (Lipinski definition) is 2. The molecule has 0 heterocycles. The van der Waals surface area contributed by atoms with Crippen molar-refractivity contribution in [1.82, 2.24) is 5.32 Å². The van der Waals surface area contributed by atoms with Crippen LogP contribution in [0.3, 0.4) is 0 Å². The molecule has 0 bridgehead atoms. The number of nitrogens with one attached hydrogen (secondary N) is 1. The van der Waals surface area contributed by atoms with Gasteiger partial charge in [-0.05, 0) is 37.1 Å². The summed E-state index contributed by atoms with van der Waals surface area (Å²) in [5, 5.41) is 13.3. The summed E-state index contributed by atoms with van der Waals surface area (Å²) >= 11 is 0. The van der Waals surface area contributed by atoms with Crippen LogP contribution in [0.15, 0.2) is 24.3 Å². The molecule has 7 nitrogen and oxygen atoms in total. The summed E-state index contributed by atoms with van der Waals surface area (Å²) in [5.74, 6) is -2.03. The molecule has 0 radical (unpaired) electrons. The van der Waals surface area contributed by atoms with E-state index in [1.54, 1.807) is 12.1 Å². The van der Waals surface area contributed by atoms with Crippen LogP contribution in [-0.4, -0.2) is 30.4 Å². The fourth-order valence-electron chi connectivity index (χ4n) is 1.81. The molecule has 8 heteroatoms. The fraction of sp³-hybridized carbons (Fsp3) is 0.438. The van der Waals surface area contributed by atoms with Gasteiger partial charge in [-0.25, -0.2) is 0 Å². The normalized spacial score (nSPS) is 11.0. The number of benzene rings is 1. The van der Waals surface area contributed by atoms with Gasteiger partial charge in [0.05, 0.1) is 18.6 Å². The fourth-order valence-corrected chi connectivity index (χ4v) is 1.81. The first-order chi connectivity index (χ1) is 10.9. The first-order valence-corrected chi connectivity index (χ1v) is 7.47. The van der Waals surface area contributed by atoms with E-state index >= 15 is 0 Å². The van der Waals surface area contributed by atoms with Gasteiger partial charge < -0.3 is 25.7 Å². The van der Waals surface area contributed by atoms with Crippen molar-refractivity contribution in [2.24, 2.45) is 5.73 Å². The number of primary amides is 1. The van der Waals surface area contributed by atoms with Crippen molar-refractivity contribution in [2.45, 2.75) is 38.6 Å². The zero-order chi connectivity index (χ0) is 17.2. The SMILES string of the molecule is CCCCOc1ccc(C(=O)NC(CCC(N)=O)C(=O)[O-])cc1.[Na+]. The third kappa shape index (κ3) is 8.33. The number of carbonyl (C=O) groups excluding carboxylic acids is 3. The maximum absolute atomic E-state index is 12.0. The summed E-state index contributed by atoms with van der Waals surface area (Å²) in [7, 11) is 0. The Bertz CT molecular complexity index is 548. The van der Waals surface area contributed by atoms with Gasteiger partial charge in [-0.15, -0.1) is 0 Å². The maximum atomic E-state index is 12.0. The van der Waals surface area contributed by atoms with Gasteiger partial charge in [0.25, 0.3) is 5.91 Å². The summed E-state index contributed by atoms with van der Waals surface area (Å²) in [5.41, 5.74) is 5.26. The molecule has 1 unspecified atom stereocenters. The molecule has 24 heavy (non-hydrogen) atoms. The molecule has 0 saturated carbocycles. The molecular formula is C16H21N2NaO5. The minimum Gasteiger partial charge on any atom is -0.548 e. The Hall–Kier alpha value is -1.57. The molecule has 0 saturated heterocycles. The van der Waals surface area contributed by atoms with Crippen LogP contribution < -0.4 is 50.5 Å². The van der Waals surface area contributed by atoms with Gasteiger partial charge in [0.2, 0.25) is 5.91 Å². The van der Waals surface area contributed by atoms with Crippen molar-refractivity contribution in [3.8, 4) is 5.75 Å². The first kappa shape index (κ1) is 22.4. The van der Waals surface area contributed by atoms with E-state index in [-0.39, 0.29) is 48.0 Å². The first-order valence-electron chi connectivity index (χ1n) is 7.47. The number of aliphatic carboxylic acids is 1. The number of unbranched alkanes of at least 4 members (excludes halogenated alkanes) is 1. The van der Waals surface area contributed by atoms with Gasteiger partial charge in [-0.2, -0.15) is 0 Å². The van der Waals surface area contributed by atoms with E-state index in [4.69, 9.17) is 10.5 Å². The molecule has 2 amide bonds. The zero-order valence-electron chi connectivity index (χ0n) is 14.0. The molecular weight excluding hydrogens is 323 g/mol. The van der Waals surface area contributed by atoms with Crippen molar-refractivity contribution in [3.05, 3.63) is 29.8 Å². The van der Waals surface area contributed by atoms with E-state index in [9.17, 15) is 19.5 Å². The minimum absolute atomic E-state index is 0. The number of rotatable bonds is 10. The second-order valence-corrected chi connectivity index (χ2v) is 5.08. The topological polar surface area (TPSA) is 122 Å². The summed E-state index contributed by atoms with van der Waals surface area (Å²) in [6, 6.07) is 5.09. The molecule has 0 aliphatic carbocycles. The average Bonchev–Trinajstić information content (AvgIpc) is 2.51. The molecule has 1 aromatic carbocycles. The van der Waals surface area contributed by atoms with E-state index in [1.165, 1.54) is 12.1 Å². The Morgan fingerprint density at radius 1 is 1.25 bits per heavy atom. The van der Waals surface area contributed by atoms with Crippen LogP contribution >= 0.6 is 0 Å². The number of hydrogen-bond acceptors (Lipinski definition) is 5. The molecule has 3 N–H and O–H groups in total. The summed E-state index contributed by atoms with van der Waals surface area (Å²) in [6.45, 7) is 2.66. The third-order valence-corrected chi connectivity index (χ3v) is 3.15. The van der Waals surface area contributed by atoms with Crippen LogP contribution in [0.5, 0.6) is 5.75 Å². The van der Waals surface area contributed by atoms with Gasteiger partial charge in [0, 0.05) is 12.0 Å². The van der Waals surface area contributed by atoms with Crippen LogP contribution in [0.25, 0.3) is 0 Å². The van der Waals surface area contributed by atoms with Crippen molar-refractivity contribution >= 4 is 17.8 Å². The molecule has 0 aromatic heterocycles. The molecule has 0 fully saturated rings. The van der Waals surface area contributed by atoms with Crippen molar-refractivity contribution in [1.29, 1.82) is 0 Å². The molecule has 126 valence electrons. The van der Waals surface area contributed by atoms with Gasteiger partial charge in [0.15, 0.2) is 0 Å². The molecule has 0 aliphatic rings. The predicted molar refractivity (Wildman–Crippen MR) is 81.5 cm³/mol. The van der Waals surface area contributed by atoms with Crippen LogP contribution in [0.2, 0.25) is 0 Å². The molecule has 1 rings (SSSR count). The number of amides is 2. The van der Waals surface area contributed by atoms with Crippen LogP contribution in [0.4, 0.5) is 0 Å². The van der Waals surface area contributed by atoms with E-state index in [1.807, 2.05) is 0 Å². The Kier molecular flexibility index (Phi) is 11.1.